The average molecular weight is 152 g/mol. The molecule has 0 bridgehead atoms. The van der Waals surface area contributed by atoms with Gasteiger partial charge in [0.05, 0.1) is 11.8 Å². The first-order valence-corrected chi connectivity index (χ1v) is 3.65. The highest BCUT2D eigenvalue weighted by molar-refractivity contribution is 5.10. The molecule has 60 valence electrons. The van der Waals surface area contributed by atoms with E-state index in [1.54, 1.807) is 0 Å². The van der Waals surface area contributed by atoms with Crippen LogP contribution in [0.1, 0.15) is 19.5 Å². The summed E-state index contributed by atoms with van der Waals surface area (Å²) in [6, 6.07) is 3.70. The van der Waals surface area contributed by atoms with Gasteiger partial charge in [0.1, 0.15) is 0 Å². The van der Waals surface area contributed by atoms with E-state index < -0.39 is 0 Å². The van der Waals surface area contributed by atoms with Gasteiger partial charge in [-0.15, -0.1) is 5.10 Å². The molecule has 0 aliphatic carbocycles. The second kappa shape index (κ2) is 3.32. The van der Waals surface area contributed by atoms with Gasteiger partial charge in [0, 0.05) is 6.07 Å². The van der Waals surface area contributed by atoms with E-state index >= 15 is 0 Å². The lowest BCUT2D eigenvalue weighted by Gasteiger charge is -2.06. The van der Waals surface area contributed by atoms with Crippen LogP contribution in [-0.2, 0) is 0 Å². The summed E-state index contributed by atoms with van der Waals surface area (Å²) in [5.74, 6) is 0.589. The van der Waals surface area contributed by atoms with Gasteiger partial charge >= 0.3 is 0 Å². The second-order valence-electron chi connectivity index (χ2n) is 2.68. The van der Waals surface area contributed by atoms with Gasteiger partial charge < -0.3 is 4.74 Å². The fourth-order valence-electron chi connectivity index (χ4n) is 0.691. The Hall–Kier alpha value is -1.12. The van der Waals surface area contributed by atoms with Crippen LogP contribution in [-0.4, -0.2) is 16.3 Å². The van der Waals surface area contributed by atoms with E-state index in [4.69, 9.17) is 4.74 Å². The van der Waals surface area contributed by atoms with Crippen molar-refractivity contribution in [1.82, 2.24) is 10.2 Å². The van der Waals surface area contributed by atoms with Crippen LogP contribution < -0.4 is 4.74 Å². The molecule has 1 aromatic rings. The van der Waals surface area contributed by atoms with Crippen LogP contribution in [0.3, 0.4) is 0 Å². The Balaban J connectivity index is 2.66. The van der Waals surface area contributed by atoms with Crippen molar-refractivity contribution in [3.8, 4) is 5.88 Å². The molecule has 0 fully saturated rings. The van der Waals surface area contributed by atoms with Crippen LogP contribution in [0.5, 0.6) is 5.88 Å². The number of nitrogens with zero attached hydrogens (tertiary/aromatic N) is 2. The maximum atomic E-state index is 5.30. The molecule has 0 saturated heterocycles. The quantitative estimate of drug-likeness (QED) is 0.645. The van der Waals surface area contributed by atoms with Gasteiger partial charge in [0.25, 0.3) is 0 Å². The highest BCUT2D eigenvalue weighted by atomic mass is 16.5. The Bertz CT molecular complexity index is 218. The summed E-state index contributed by atoms with van der Waals surface area (Å²) in [7, 11) is 0. The monoisotopic (exact) mass is 152 g/mol. The molecule has 0 amide bonds. The van der Waals surface area contributed by atoms with E-state index in [9.17, 15) is 0 Å². The van der Waals surface area contributed by atoms with E-state index in [1.807, 2.05) is 32.9 Å². The summed E-state index contributed by atoms with van der Waals surface area (Å²) in [5.41, 5.74) is 0.904. The zero-order valence-corrected chi connectivity index (χ0v) is 7.03. The number of ether oxygens (including phenoxy) is 1. The van der Waals surface area contributed by atoms with Crippen molar-refractivity contribution in [3.05, 3.63) is 17.8 Å². The fourth-order valence-corrected chi connectivity index (χ4v) is 0.691. The van der Waals surface area contributed by atoms with Crippen LogP contribution in [0, 0.1) is 6.92 Å². The average Bonchev–Trinajstić information content (AvgIpc) is 1.93. The first kappa shape index (κ1) is 7.98. The Morgan fingerprint density at radius 3 is 2.45 bits per heavy atom. The molecule has 0 unspecified atom stereocenters. The molecule has 3 nitrogen and oxygen atoms in total. The largest absolute Gasteiger partial charge is 0.474 e. The molecule has 1 rings (SSSR count). The van der Waals surface area contributed by atoms with Gasteiger partial charge in [-0.25, -0.2) is 0 Å². The van der Waals surface area contributed by atoms with Gasteiger partial charge in [-0.2, -0.15) is 5.10 Å². The number of rotatable bonds is 2. The molecule has 1 heterocycles. The summed E-state index contributed by atoms with van der Waals surface area (Å²) < 4.78 is 5.30. The van der Waals surface area contributed by atoms with E-state index in [2.05, 4.69) is 10.2 Å². The molecule has 3 heteroatoms. The summed E-state index contributed by atoms with van der Waals surface area (Å²) in [6.45, 7) is 5.81. The summed E-state index contributed by atoms with van der Waals surface area (Å²) in [4.78, 5) is 0. The Labute approximate surface area is 66.4 Å². The van der Waals surface area contributed by atoms with Crippen molar-refractivity contribution in [1.29, 1.82) is 0 Å². The van der Waals surface area contributed by atoms with Gasteiger partial charge in [-0.05, 0) is 26.8 Å². The maximum absolute atomic E-state index is 5.30. The molecule has 11 heavy (non-hydrogen) atoms. The van der Waals surface area contributed by atoms with Crippen LogP contribution in [0.2, 0.25) is 0 Å². The molecular formula is C8H12N2O. The summed E-state index contributed by atoms with van der Waals surface area (Å²) >= 11 is 0. The smallest absolute Gasteiger partial charge is 0.233 e. The summed E-state index contributed by atoms with van der Waals surface area (Å²) in [6.07, 6.45) is 0.159. The van der Waals surface area contributed by atoms with Gasteiger partial charge in [0.15, 0.2) is 0 Å². The van der Waals surface area contributed by atoms with Crippen molar-refractivity contribution >= 4 is 0 Å². The van der Waals surface area contributed by atoms with E-state index in [0.717, 1.165) is 5.69 Å². The number of hydrogen-bond acceptors (Lipinski definition) is 3. The third-order valence-electron chi connectivity index (χ3n) is 1.13. The molecule has 0 N–H and O–H groups in total. The zero-order valence-electron chi connectivity index (χ0n) is 7.03. The lowest BCUT2D eigenvalue weighted by Crippen LogP contribution is -2.07. The Kier molecular flexibility index (Phi) is 2.41. The normalized spacial score (nSPS) is 10.2. The minimum absolute atomic E-state index is 0.159. The minimum Gasteiger partial charge on any atom is -0.474 e. The molecule has 1 aromatic heterocycles. The number of aryl methyl sites for hydroxylation is 1. The molecule has 0 spiro atoms. The standard InChI is InChI=1S/C8H12N2O/c1-6(2)11-8-5-4-7(3)9-10-8/h4-6H,1-3H3. The lowest BCUT2D eigenvalue weighted by molar-refractivity contribution is 0.230. The molecule has 0 saturated carbocycles. The Morgan fingerprint density at radius 1 is 1.27 bits per heavy atom. The van der Waals surface area contributed by atoms with E-state index in [0.29, 0.717) is 5.88 Å². The lowest BCUT2D eigenvalue weighted by atomic mass is 10.4. The predicted octanol–water partition coefficient (Wildman–Crippen LogP) is 1.57. The zero-order chi connectivity index (χ0) is 8.27. The minimum atomic E-state index is 0.159. The SMILES string of the molecule is Cc1ccc(OC(C)C)nn1. The van der Waals surface area contributed by atoms with E-state index in [-0.39, 0.29) is 6.10 Å². The van der Waals surface area contributed by atoms with Gasteiger partial charge in [-0.3, -0.25) is 0 Å². The van der Waals surface area contributed by atoms with Crippen molar-refractivity contribution in [3.63, 3.8) is 0 Å². The van der Waals surface area contributed by atoms with Crippen LogP contribution in [0.15, 0.2) is 12.1 Å². The van der Waals surface area contributed by atoms with Crippen molar-refractivity contribution < 1.29 is 4.74 Å². The third-order valence-corrected chi connectivity index (χ3v) is 1.13. The second-order valence-corrected chi connectivity index (χ2v) is 2.68. The van der Waals surface area contributed by atoms with Gasteiger partial charge in [-0.1, -0.05) is 0 Å². The van der Waals surface area contributed by atoms with Crippen LogP contribution >= 0.6 is 0 Å². The third kappa shape index (κ3) is 2.53. The van der Waals surface area contributed by atoms with Crippen molar-refractivity contribution in [2.45, 2.75) is 26.9 Å². The predicted molar refractivity (Wildman–Crippen MR) is 42.5 cm³/mol. The van der Waals surface area contributed by atoms with Crippen LogP contribution in [0.4, 0.5) is 0 Å². The molecule has 0 atom stereocenters. The van der Waals surface area contributed by atoms with Crippen LogP contribution in [0.25, 0.3) is 0 Å². The molecule has 0 aliphatic heterocycles. The summed E-state index contributed by atoms with van der Waals surface area (Å²) in [5, 5.41) is 7.70. The number of hydrogen-bond donors (Lipinski definition) is 0. The first-order valence-electron chi connectivity index (χ1n) is 3.65. The first-order chi connectivity index (χ1) is 5.18. The Morgan fingerprint density at radius 2 is 2.00 bits per heavy atom. The molecular weight excluding hydrogens is 140 g/mol. The molecule has 0 radical (unpaired) electrons. The van der Waals surface area contributed by atoms with E-state index in [1.165, 1.54) is 0 Å². The van der Waals surface area contributed by atoms with Crippen molar-refractivity contribution in [2.24, 2.45) is 0 Å². The van der Waals surface area contributed by atoms with Crippen molar-refractivity contribution in [2.75, 3.05) is 0 Å². The highest BCUT2D eigenvalue weighted by Gasteiger charge is 1.97. The number of aromatic nitrogens is 2. The highest BCUT2D eigenvalue weighted by Crippen LogP contribution is 2.05. The molecule has 0 aliphatic rings. The maximum Gasteiger partial charge on any atom is 0.233 e. The van der Waals surface area contributed by atoms with Gasteiger partial charge in [0.2, 0.25) is 5.88 Å². The topological polar surface area (TPSA) is 35.0 Å². The molecule has 0 aromatic carbocycles. The fraction of sp³-hybridized carbons (Fsp3) is 0.500.